The molecule has 43 valence electrons. The molecule has 0 aromatic carbocycles. The van der Waals surface area contributed by atoms with Crippen LogP contribution < -0.4 is 5.43 Å². The summed E-state index contributed by atoms with van der Waals surface area (Å²) in [6.45, 7) is 1.11. The molecule has 3 heteroatoms. The molecule has 0 spiro atoms. The van der Waals surface area contributed by atoms with Crippen molar-refractivity contribution in [3.05, 3.63) is 11.6 Å². The standard InChI is InChI=1S/C5H7N2S/c1-2-6-7-3-4-8-5(1)7/h4-6H,1-2H2. The van der Waals surface area contributed by atoms with Gasteiger partial charge in [-0.3, -0.25) is 5.01 Å². The van der Waals surface area contributed by atoms with Gasteiger partial charge in [-0.1, -0.05) is 0 Å². The van der Waals surface area contributed by atoms with Gasteiger partial charge in [0.05, 0.1) is 11.6 Å². The van der Waals surface area contributed by atoms with E-state index in [4.69, 9.17) is 0 Å². The minimum Gasteiger partial charge on any atom is -0.292 e. The van der Waals surface area contributed by atoms with Gasteiger partial charge in [-0.25, -0.2) is 5.43 Å². The second-order valence-electron chi connectivity index (χ2n) is 1.90. The third-order valence-corrected chi connectivity index (χ3v) is 2.38. The molecule has 0 aromatic heterocycles. The number of nitrogens with one attached hydrogen (secondary N) is 1. The monoisotopic (exact) mass is 127 g/mol. The maximum atomic E-state index is 3.19. The number of hydrazine groups is 1. The van der Waals surface area contributed by atoms with E-state index >= 15 is 0 Å². The van der Waals surface area contributed by atoms with E-state index in [1.54, 1.807) is 0 Å². The van der Waals surface area contributed by atoms with E-state index in [9.17, 15) is 0 Å². The van der Waals surface area contributed by atoms with E-state index < -0.39 is 0 Å². The Labute approximate surface area is 52.9 Å². The molecule has 2 aliphatic heterocycles. The largest absolute Gasteiger partial charge is 0.292 e. The normalized spacial score (nSPS) is 34.0. The average Bonchev–Trinajstić information content (AvgIpc) is 2.15. The smallest absolute Gasteiger partial charge is 0.0961 e. The zero-order valence-corrected chi connectivity index (χ0v) is 5.24. The number of hydrogen-bond acceptors (Lipinski definition) is 3. The zero-order chi connectivity index (χ0) is 5.40. The first-order chi connectivity index (χ1) is 3.97. The Kier molecular flexibility index (Phi) is 0.981. The zero-order valence-electron chi connectivity index (χ0n) is 4.42. The van der Waals surface area contributed by atoms with Gasteiger partial charge >= 0.3 is 0 Å². The number of nitrogens with zero attached hydrogens (tertiary/aromatic N) is 1. The SMILES string of the molecule is [C]1=CSC2CCNN12. The van der Waals surface area contributed by atoms with Crippen molar-refractivity contribution in [2.45, 2.75) is 11.8 Å². The summed E-state index contributed by atoms with van der Waals surface area (Å²) in [6, 6.07) is 0. The van der Waals surface area contributed by atoms with E-state index in [0.717, 1.165) is 6.54 Å². The highest BCUT2D eigenvalue weighted by molar-refractivity contribution is 8.02. The van der Waals surface area contributed by atoms with Gasteiger partial charge in [0.1, 0.15) is 0 Å². The fraction of sp³-hybridized carbons (Fsp3) is 0.600. The van der Waals surface area contributed by atoms with E-state index in [1.165, 1.54) is 6.42 Å². The van der Waals surface area contributed by atoms with Gasteiger partial charge in [0, 0.05) is 12.0 Å². The van der Waals surface area contributed by atoms with Gasteiger partial charge in [0.2, 0.25) is 0 Å². The molecular weight excluding hydrogens is 120 g/mol. The van der Waals surface area contributed by atoms with Crippen LogP contribution in [0, 0.1) is 6.20 Å². The van der Waals surface area contributed by atoms with Crippen LogP contribution in [0.5, 0.6) is 0 Å². The Hall–Kier alpha value is -0.150. The van der Waals surface area contributed by atoms with Crippen LogP contribution in [0.3, 0.4) is 0 Å². The Morgan fingerprint density at radius 3 is 3.75 bits per heavy atom. The molecule has 0 aromatic rings. The summed E-state index contributed by atoms with van der Waals surface area (Å²) < 4.78 is 0. The molecule has 8 heavy (non-hydrogen) atoms. The molecule has 1 atom stereocenters. The van der Waals surface area contributed by atoms with Crippen molar-refractivity contribution in [3.8, 4) is 0 Å². The molecule has 0 amide bonds. The molecule has 1 N–H and O–H groups in total. The summed E-state index contributed by atoms with van der Waals surface area (Å²) in [7, 11) is 0. The minimum absolute atomic E-state index is 0.648. The van der Waals surface area contributed by atoms with E-state index in [-0.39, 0.29) is 0 Å². The number of hydrogen-bond donors (Lipinski definition) is 1. The molecule has 1 unspecified atom stereocenters. The molecule has 2 aliphatic rings. The highest BCUT2D eigenvalue weighted by Gasteiger charge is 2.24. The van der Waals surface area contributed by atoms with Crippen molar-refractivity contribution in [1.29, 1.82) is 0 Å². The lowest BCUT2D eigenvalue weighted by Crippen LogP contribution is -2.27. The van der Waals surface area contributed by atoms with E-state index in [0.29, 0.717) is 5.37 Å². The van der Waals surface area contributed by atoms with Gasteiger partial charge in [0.25, 0.3) is 0 Å². The molecule has 2 nitrogen and oxygen atoms in total. The first-order valence-corrected chi connectivity index (χ1v) is 3.67. The van der Waals surface area contributed by atoms with Crippen LogP contribution in [0.1, 0.15) is 6.42 Å². The van der Waals surface area contributed by atoms with Crippen LogP contribution in [-0.4, -0.2) is 16.9 Å². The predicted octanol–water partition coefficient (Wildman–Crippen LogP) is 0.544. The lowest BCUT2D eigenvalue weighted by Gasteiger charge is -2.11. The quantitative estimate of drug-likeness (QED) is 0.511. The van der Waals surface area contributed by atoms with Crippen molar-refractivity contribution >= 4 is 11.8 Å². The van der Waals surface area contributed by atoms with Crippen LogP contribution in [0.2, 0.25) is 0 Å². The van der Waals surface area contributed by atoms with Gasteiger partial charge in [-0.2, -0.15) is 0 Å². The summed E-state index contributed by atoms with van der Waals surface area (Å²) in [4.78, 5) is 0. The Balaban J connectivity index is 2.13. The molecule has 1 radical (unpaired) electrons. The predicted molar refractivity (Wildman–Crippen MR) is 33.7 cm³/mol. The summed E-state index contributed by atoms with van der Waals surface area (Å²) in [5.74, 6) is 0. The first kappa shape index (κ1) is 4.70. The second kappa shape index (κ2) is 1.67. The second-order valence-corrected chi connectivity index (χ2v) is 2.96. The van der Waals surface area contributed by atoms with Gasteiger partial charge in [-0.05, 0) is 6.42 Å². The van der Waals surface area contributed by atoms with Crippen LogP contribution >= 0.6 is 11.8 Å². The van der Waals surface area contributed by atoms with Crippen molar-refractivity contribution in [2.75, 3.05) is 6.54 Å². The molecule has 0 saturated carbocycles. The Morgan fingerprint density at radius 2 is 2.88 bits per heavy atom. The first-order valence-electron chi connectivity index (χ1n) is 2.73. The fourth-order valence-corrected chi connectivity index (χ4v) is 1.81. The molecule has 2 heterocycles. The summed E-state index contributed by atoms with van der Waals surface area (Å²) >= 11 is 1.84. The van der Waals surface area contributed by atoms with Crippen molar-refractivity contribution < 1.29 is 0 Å². The third kappa shape index (κ3) is 0.548. The topological polar surface area (TPSA) is 15.3 Å². The summed E-state index contributed by atoms with van der Waals surface area (Å²) in [5, 5.41) is 4.71. The minimum atomic E-state index is 0.648. The molecular formula is C5H7N2S. The highest BCUT2D eigenvalue weighted by Crippen LogP contribution is 2.27. The molecule has 0 aliphatic carbocycles. The van der Waals surface area contributed by atoms with E-state index in [1.807, 2.05) is 22.2 Å². The number of rotatable bonds is 0. The number of thioether (sulfide) groups is 1. The van der Waals surface area contributed by atoms with Crippen molar-refractivity contribution in [2.24, 2.45) is 0 Å². The Bertz CT molecular complexity index is 124. The van der Waals surface area contributed by atoms with Crippen molar-refractivity contribution in [3.63, 3.8) is 0 Å². The Morgan fingerprint density at radius 1 is 1.88 bits per heavy atom. The lowest BCUT2D eigenvalue weighted by atomic mass is 10.5. The molecule has 1 fully saturated rings. The van der Waals surface area contributed by atoms with Crippen molar-refractivity contribution in [1.82, 2.24) is 10.4 Å². The highest BCUT2D eigenvalue weighted by atomic mass is 32.2. The van der Waals surface area contributed by atoms with Gasteiger partial charge < -0.3 is 0 Å². The molecule has 1 saturated heterocycles. The molecule has 2 rings (SSSR count). The summed E-state index contributed by atoms with van der Waals surface area (Å²) in [6.07, 6.45) is 4.32. The number of fused-ring (bicyclic) bond motifs is 1. The fourth-order valence-electron chi connectivity index (χ4n) is 0.963. The average molecular weight is 127 g/mol. The summed E-state index contributed by atoms with van der Waals surface area (Å²) in [5.41, 5.74) is 3.19. The van der Waals surface area contributed by atoms with Gasteiger partial charge in [0.15, 0.2) is 0 Å². The van der Waals surface area contributed by atoms with Crippen LogP contribution in [0.15, 0.2) is 5.41 Å². The maximum Gasteiger partial charge on any atom is 0.0961 e. The molecule has 0 bridgehead atoms. The van der Waals surface area contributed by atoms with Gasteiger partial charge in [-0.15, -0.1) is 11.8 Å². The van der Waals surface area contributed by atoms with Crippen LogP contribution in [0.4, 0.5) is 0 Å². The van der Waals surface area contributed by atoms with Crippen LogP contribution in [0.25, 0.3) is 0 Å². The lowest BCUT2D eigenvalue weighted by molar-refractivity contribution is 0.328. The third-order valence-electron chi connectivity index (χ3n) is 1.38. The van der Waals surface area contributed by atoms with Crippen LogP contribution in [-0.2, 0) is 0 Å². The maximum absolute atomic E-state index is 3.19. The van der Waals surface area contributed by atoms with E-state index in [2.05, 4.69) is 11.6 Å².